The molecular formula is C27H33N3O3. The van der Waals surface area contributed by atoms with Crippen molar-refractivity contribution < 1.29 is 14.3 Å². The van der Waals surface area contributed by atoms with Gasteiger partial charge < -0.3 is 15.0 Å². The van der Waals surface area contributed by atoms with Crippen molar-refractivity contribution in [2.24, 2.45) is 11.8 Å². The van der Waals surface area contributed by atoms with E-state index in [1.165, 1.54) is 32.1 Å². The number of anilines is 1. The van der Waals surface area contributed by atoms with E-state index in [1.54, 1.807) is 12.3 Å². The van der Waals surface area contributed by atoms with Gasteiger partial charge in [-0.25, -0.2) is 4.98 Å². The van der Waals surface area contributed by atoms with Crippen LogP contribution in [0.15, 0.2) is 54.7 Å². The van der Waals surface area contributed by atoms with Crippen molar-refractivity contribution in [1.29, 1.82) is 0 Å². The fourth-order valence-corrected chi connectivity index (χ4v) is 4.58. The zero-order chi connectivity index (χ0) is 22.9. The Morgan fingerprint density at radius 2 is 1.76 bits per heavy atom. The summed E-state index contributed by atoms with van der Waals surface area (Å²) in [5.41, 5.74) is 0.997. The zero-order valence-corrected chi connectivity index (χ0v) is 19.1. The average molecular weight is 448 g/mol. The number of nitrogens with one attached hydrogen (secondary N) is 1. The van der Waals surface area contributed by atoms with Gasteiger partial charge in [-0.1, -0.05) is 49.6 Å². The van der Waals surface area contributed by atoms with Gasteiger partial charge in [0.15, 0.2) is 11.6 Å². The molecule has 2 fully saturated rings. The number of amides is 2. The average Bonchev–Trinajstić information content (AvgIpc) is 2.88. The van der Waals surface area contributed by atoms with Crippen molar-refractivity contribution in [3.8, 4) is 5.75 Å². The standard InChI is InChI=1S/C27H33N3O3/c31-25(14-13-21-8-3-1-4-9-21)30-18-15-23(16-19-30)27(32)29-26-24(12-7-17-28-26)33-20-22-10-5-2-6-11-22/h1,3-4,7-9,12-14,17,22-23H,2,5-6,10-11,15-16,18-20H2,(H,28,29,32)/b14-13-. The number of likely N-dealkylation sites (tertiary alicyclic amines) is 1. The van der Waals surface area contributed by atoms with E-state index in [-0.39, 0.29) is 17.7 Å². The van der Waals surface area contributed by atoms with Gasteiger partial charge in [-0.15, -0.1) is 0 Å². The summed E-state index contributed by atoms with van der Waals surface area (Å²) >= 11 is 0. The third-order valence-corrected chi connectivity index (χ3v) is 6.61. The third-order valence-electron chi connectivity index (χ3n) is 6.61. The molecule has 6 heteroatoms. The number of ether oxygens (including phenoxy) is 1. The smallest absolute Gasteiger partial charge is 0.246 e. The maximum Gasteiger partial charge on any atom is 0.246 e. The van der Waals surface area contributed by atoms with E-state index in [4.69, 9.17) is 4.74 Å². The molecule has 6 nitrogen and oxygen atoms in total. The van der Waals surface area contributed by atoms with Crippen LogP contribution in [-0.2, 0) is 9.59 Å². The number of benzene rings is 1. The number of nitrogens with zero attached hydrogens (tertiary/aromatic N) is 2. The largest absolute Gasteiger partial charge is 0.489 e. The molecule has 1 aromatic carbocycles. The van der Waals surface area contributed by atoms with Crippen molar-refractivity contribution in [2.75, 3.05) is 25.0 Å². The molecular weight excluding hydrogens is 414 g/mol. The molecule has 1 saturated heterocycles. The van der Waals surface area contributed by atoms with Crippen molar-refractivity contribution in [2.45, 2.75) is 44.9 Å². The molecule has 1 aliphatic carbocycles. The quantitative estimate of drug-likeness (QED) is 0.611. The predicted molar refractivity (Wildman–Crippen MR) is 130 cm³/mol. The van der Waals surface area contributed by atoms with Crippen LogP contribution >= 0.6 is 0 Å². The van der Waals surface area contributed by atoms with Gasteiger partial charge in [-0.05, 0) is 55.4 Å². The molecule has 1 saturated carbocycles. The molecule has 1 aliphatic heterocycles. The molecule has 2 amide bonds. The van der Waals surface area contributed by atoms with Gasteiger partial charge in [0.25, 0.3) is 0 Å². The minimum Gasteiger partial charge on any atom is -0.489 e. The lowest BCUT2D eigenvalue weighted by Gasteiger charge is -2.30. The Hall–Kier alpha value is -3.15. The van der Waals surface area contributed by atoms with Crippen LogP contribution in [0.4, 0.5) is 5.82 Å². The van der Waals surface area contributed by atoms with Crippen molar-refractivity contribution in [3.05, 3.63) is 60.3 Å². The molecule has 2 aromatic rings. The third kappa shape index (κ3) is 6.67. The normalized spacial score (nSPS) is 17.8. The molecule has 33 heavy (non-hydrogen) atoms. The Morgan fingerprint density at radius 3 is 2.52 bits per heavy atom. The Balaban J connectivity index is 1.26. The van der Waals surface area contributed by atoms with Gasteiger partial charge in [0, 0.05) is 31.3 Å². The Kier molecular flexibility index (Phi) is 8.12. The summed E-state index contributed by atoms with van der Waals surface area (Å²) in [6.45, 7) is 1.82. The summed E-state index contributed by atoms with van der Waals surface area (Å²) in [6.07, 6.45) is 12.7. The Labute approximate surface area is 196 Å². The van der Waals surface area contributed by atoms with Crippen LogP contribution in [0, 0.1) is 11.8 Å². The lowest BCUT2D eigenvalue weighted by atomic mass is 9.90. The number of carbonyl (C=O) groups is 2. The van der Waals surface area contributed by atoms with E-state index in [2.05, 4.69) is 10.3 Å². The van der Waals surface area contributed by atoms with Gasteiger partial charge in [0.2, 0.25) is 11.8 Å². The minimum absolute atomic E-state index is 0.0131. The molecule has 174 valence electrons. The van der Waals surface area contributed by atoms with E-state index in [1.807, 2.05) is 53.4 Å². The lowest BCUT2D eigenvalue weighted by Crippen LogP contribution is -2.40. The second-order valence-corrected chi connectivity index (χ2v) is 9.00. The van der Waals surface area contributed by atoms with Gasteiger partial charge >= 0.3 is 0 Å². The Morgan fingerprint density at radius 1 is 1.00 bits per heavy atom. The summed E-state index contributed by atoms with van der Waals surface area (Å²) in [5, 5.41) is 2.97. The maximum absolute atomic E-state index is 12.9. The van der Waals surface area contributed by atoms with E-state index in [9.17, 15) is 9.59 Å². The van der Waals surface area contributed by atoms with Crippen molar-refractivity contribution >= 4 is 23.7 Å². The first-order valence-corrected chi connectivity index (χ1v) is 12.1. The van der Waals surface area contributed by atoms with Crippen LogP contribution in [0.3, 0.4) is 0 Å². The molecule has 2 heterocycles. The number of carbonyl (C=O) groups excluding carboxylic acids is 2. The highest BCUT2D eigenvalue weighted by atomic mass is 16.5. The number of hydrogen-bond donors (Lipinski definition) is 1. The van der Waals surface area contributed by atoms with Crippen molar-refractivity contribution in [1.82, 2.24) is 9.88 Å². The number of hydrogen-bond acceptors (Lipinski definition) is 4. The van der Waals surface area contributed by atoms with Crippen molar-refractivity contribution in [3.63, 3.8) is 0 Å². The molecule has 1 N–H and O–H groups in total. The van der Waals surface area contributed by atoms with E-state index in [0.717, 1.165) is 5.56 Å². The zero-order valence-electron chi connectivity index (χ0n) is 19.1. The van der Waals surface area contributed by atoms with Gasteiger partial charge in [0.05, 0.1) is 6.61 Å². The summed E-state index contributed by atoms with van der Waals surface area (Å²) in [6, 6.07) is 13.5. The summed E-state index contributed by atoms with van der Waals surface area (Å²) < 4.78 is 6.04. The first-order chi connectivity index (χ1) is 16.2. The fourth-order valence-electron chi connectivity index (χ4n) is 4.58. The maximum atomic E-state index is 12.9. The topological polar surface area (TPSA) is 71.5 Å². The molecule has 0 spiro atoms. The van der Waals surface area contributed by atoms with Crippen LogP contribution in [0.1, 0.15) is 50.5 Å². The first-order valence-electron chi connectivity index (χ1n) is 12.1. The first kappa shape index (κ1) is 23.0. The van der Waals surface area contributed by atoms with Crippen LogP contribution in [0.25, 0.3) is 6.08 Å². The second kappa shape index (κ2) is 11.6. The van der Waals surface area contributed by atoms with Gasteiger partial charge in [-0.3, -0.25) is 9.59 Å². The molecule has 0 unspecified atom stereocenters. The van der Waals surface area contributed by atoms with Gasteiger partial charge in [-0.2, -0.15) is 0 Å². The van der Waals surface area contributed by atoms with Gasteiger partial charge in [0.1, 0.15) is 0 Å². The van der Waals surface area contributed by atoms with Crippen LogP contribution < -0.4 is 10.1 Å². The molecule has 0 radical (unpaired) electrons. The summed E-state index contributed by atoms with van der Waals surface area (Å²) in [7, 11) is 0. The highest BCUT2D eigenvalue weighted by molar-refractivity contribution is 5.94. The van der Waals surface area contributed by atoms with E-state index in [0.29, 0.717) is 50.0 Å². The number of pyridine rings is 1. The lowest BCUT2D eigenvalue weighted by molar-refractivity contribution is -0.130. The molecule has 2 aliphatic rings. The highest BCUT2D eigenvalue weighted by Crippen LogP contribution is 2.28. The minimum atomic E-state index is -0.139. The molecule has 0 atom stereocenters. The number of rotatable bonds is 7. The highest BCUT2D eigenvalue weighted by Gasteiger charge is 2.27. The monoisotopic (exact) mass is 447 g/mol. The van der Waals surface area contributed by atoms with E-state index < -0.39 is 0 Å². The molecule has 0 bridgehead atoms. The SMILES string of the molecule is O=C(Nc1ncccc1OCC1CCCCC1)C1CCN(C(=O)/C=C\c2ccccc2)CC1. The predicted octanol–water partition coefficient (Wildman–Crippen LogP) is 4.93. The van der Waals surface area contributed by atoms with Crippen LogP contribution in [0.5, 0.6) is 5.75 Å². The summed E-state index contributed by atoms with van der Waals surface area (Å²) in [5.74, 6) is 1.50. The van der Waals surface area contributed by atoms with Crippen LogP contribution in [0.2, 0.25) is 0 Å². The van der Waals surface area contributed by atoms with E-state index >= 15 is 0 Å². The van der Waals surface area contributed by atoms with Crippen LogP contribution in [-0.4, -0.2) is 41.4 Å². The molecule has 4 rings (SSSR count). The second-order valence-electron chi connectivity index (χ2n) is 9.00. The molecule has 1 aromatic heterocycles. The fraction of sp³-hybridized carbons (Fsp3) is 0.444. The number of aromatic nitrogens is 1. The Bertz CT molecular complexity index is 946. The summed E-state index contributed by atoms with van der Waals surface area (Å²) in [4.78, 5) is 31.5. The number of piperidine rings is 1.